The molecule has 2 fully saturated rings. The van der Waals surface area contributed by atoms with Gasteiger partial charge in [0.25, 0.3) is 5.91 Å². The standard InChI is InChI=1S/C21H28N2O5/c1-14-5-7-15(8-6-14)17(24)23-16(18(25)26)13-28-21(23)9-11-22(12-10-21)19(27)20(2,3)4/h5-8,16H,9-13H2,1-4H3,(H,25,26)/p-1/t16-/m1/s1. The fourth-order valence-corrected chi connectivity index (χ4v) is 3.92. The van der Waals surface area contributed by atoms with Crippen molar-refractivity contribution >= 4 is 17.8 Å². The molecule has 0 saturated carbocycles. The fraction of sp³-hybridized carbons (Fsp3) is 0.571. The lowest BCUT2D eigenvalue weighted by atomic mass is 9.91. The topological polar surface area (TPSA) is 90.0 Å². The Morgan fingerprint density at radius 1 is 1.11 bits per heavy atom. The van der Waals surface area contributed by atoms with Crippen molar-refractivity contribution in [2.45, 2.75) is 52.3 Å². The lowest BCUT2D eigenvalue weighted by molar-refractivity contribution is -0.310. The van der Waals surface area contributed by atoms with Crippen molar-refractivity contribution in [1.29, 1.82) is 0 Å². The van der Waals surface area contributed by atoms with E-state index in [1.165, 1.54) is 4.90 Å². The highest BCUT2D eigenvalue weighted by Crippen LogP contribution is 2.39. The van der Waals surface area contributed by atoms with Crippen LogP contribution in [0.3, 0.4) is 0 Å². The summed E-state index contributed by atoms with van der Waals surface area (Å²) < 4.78 is 5.89. The Morgan fingerprint density at radius 2 is 1.68 bits per heavy atom. The van der Waals surface area contributed by atoms with Crippen LogP contribution in [0.25, 0.3) is 0 Å². The molecule has 0 aromatic heterocycles. The molecular weight excluding hydrogens is 360 g/mol. The summed E-state index contributed by atoms with van der Waals surface area (Å²) in [5.74, 6) is -1.68. The molecule has 0 unspecified atom stereocenters. The number of carbonyl (C=O) groups is 3. The Hall–Kier alpha value is -2.41. The van der Waals surface area contributed by atoms with Crippen LogP contribution in [0.15, 0.2) is 24.3 Å². The van der Waals surface area contributed by atoms with Gasteiger partial charge < -0.3 is 19.5 Å². The summed E-state index contributed by atoms with van der Waals surface area (Å²) in [7, 11) is 0. The van der Waals surface area contributed by atoms with Gasteiger partial charge in [-0.1, -0.05) is 38.5 Å². The van der Waals surface area contributed by atoms with Gasteiger partial charge in [0.2, 0.25) is 5.91 Å². The predicted molar refractivity (Wildman–Crippen MR) is 100 cm³/mol. The van der Waals surface area contributed by atoms with E-state index < -0.39 is 23.2 Å². The minimum atomic E-state index is -1.33. The smallest absolute Gasteiger partial charge is 0.256 e. The van der Waals surface area contributed by atoms with Gasteiger partial charge in [0.1, 0.15) is 5.72 Å². The maximum absolute atomic E-state index is 13.2. The van der Waals surface area contributed by atoms with Gasteiger partial charge in [-0.15, -0.1) is 0 Å². The molecule has 1 spiro atoms. The summed E-state index contributed by atoms with van der Waals surface area (Å²) in [6.07, 6.45) is 0.742. The SMILES string of the molecule is Cc1ccc(C(=O)N2[C@@H](C(=O)[O-])COC23CCN(C(=O)C(C)(C)C)CC3)cc1. The monoisotopic (exact) mass is 387 g/mol. The Bertz CT molecular complexity index is 773. The average molecular weight is 387 g/mol. The van der Waals surface area contributed by atoms with Crippen LogP contribution in [0.5, 0.6) is 0 Å². The Morgan fingerprint density at radius 3 is 2.18 bits per heavy atom. The maximum atomic E-state index is 13.2. The van der Waals surface area contributed by atoms with Crippen molar-refractivity contribution in [1.82, 2.24) is 9.80 Å². The molecule has 7 nitrogen and oxygen atoms in total. The number of likely N-dealkylation sites (tertiary alicyclic amines) is 1. The zero-order valence-electron chi connectivity index (χ0n) is 16.9. The zero-order chi connectivity index (χ0) is 20.7. The number of carboxylic acid groups (broad SMARTS) is 1. The molecule has 2 aliphatic heterocycles. The molecule has 0 N–H and O–H groups in total. The van der Waals surface area contributed by atoms with Gasteiger partial charge in [0, 0.05) is 36.9 Å². The molecule has 2 aliphatic rings. The predicted octanol–water partition coefficient (Wildman–Crippen LogP) is 0.951. The first-order valence-corrected chi connectivity index (χ1v) is 9.60. The van der Waals surface area contributed by atoms with Gasteiger partial charge in [-0.2, -0.15) is 0 Å². The number of carbonyl (C=O) groups excluding carboxylic acids is 3. The second-order valence-corrected chi connectivity index (χ2v) is 8.68. The largest absolute Gasteiger partial charge is 0.548 e. The van der Waals surface area contributed by atoms with E-state index in [9.17, 15) is 19.5 Å². The van der Waals surface area contributed by atoms with E-state index in [0.717, 1.165) is 5.56 Å². The molecule has 1 aromatic carbocycles. The average Bonchev–Trinajstić information content (AvgIpc) is 3.00. The molecule has 2 heterocycles. The Labute approximate surface area is 165 Å². The molecule has 2 amide bonds. The van der Waals surface area contributed by atoms with E-state index in [1.807, 2.05) is 39.8 Å². The summed E-state index contributed by atoms with van der Waals surface area (Å²) in [4.78, 5) is 40.5. The second kappa shape index (κ2) is 7.20. The summed E-state index contributed by atoms with van der Waals surface area (Å²) >= 11 is 0. The third-order valence-corrected chi connectivity index (χ3v) is 5.52. The van der Waals surface area contributed by atoms with Gasteiger partial charge in [-0.3, -0.25) is 14.5 Å². The molecule has 0 bridgehead atoms. The van der Waals surface area contributed by atoms with Crippen molar-refractivity contribution in [3.05, 3.63) is 35.4 Å². The van der Waals surface area contributed by atoms with Crippen LogP contribution in [0.4, 0.5) is 0 Å². The highest BCUT2D eigenvalue weighted by atomic mass is 16.5. The van der Waals surface area contributed by atoms with Crippen LogP contribution in [-0.4, -0.2) is 59.0 Å². The highest BCUT2D eigenvalue weighted by Gasteiger charge is 2.52. The van der Waals surface area contributed by atoms with Crippen molar-refractivity contribution < 1.29 is 24.2 Å². The van der Waals surface area contributed by atoms with Crippen LogP contribution in [0.2, 0.25) is 0 Å². The molecule has 0 radical (unpaired) electrons. The molecular formula is C21H27N2O5-. The number of hydrogen-bond acceptors (Lipinski definition) is 5. The molecule has 2 saturated heterocycles. The van der Waals surface area contributed by atoms with Gasteiger partial charge >= 0.3 is 0 Å². The molecule has 152 valence electrons. The van der Waals surface area contributed by atoms with Gasteiger partial charge in [0.15, 0.2) is 0 Å². The minimum Gasteiger partial charge on any atom is -0.548 e. The molecule has 7 heteroatoms. The van der Waals surface area contributed by atoms with E-state index in [-0.39, 0.29) is 18.4 Å². The summed E-state index contributed by atoms with van der Waals surface area (Å²) in [6.45, 7) is 8.23. The van der Waals surface area contributed by atoms with Gasteiger partial charge in [0.05, 0.1) is 18.6 Å². The van der Waals surface area contributed by atoms with E-state index in [2.05, 4.69) is 0 Å². The molecule has 1 atom stereocenters. The number of nitrogens with zero attached hydrogens (tertiary/aromatic N) is 2. The third-order valence-electron chi connectivity index (χ3n) is 5.52. The third kappa shape index (κ3) is 3.63. The normalized spacial score (nSPS) is 21.8. The van der Waals surface area contributed by atoms with Crippen LogP contribution in [-0.2, 0) is 14.3 Å². The van der Waals surface area contributed by atoms with Crippen molar-refractivity contribution in [2.75, 3.05) is 19.7 Å². The van der Waals surface area contributed by atoms with Crippen LogP contribution < -0.4 is 5.11 Å². The number of rotatable bonds is 2. The second-order valence-electron chi connectivity index (χ2n) is 8.68. The fourth-order valence-electron chi connectivity index (χ4n) is 3.92. The number of aryl methyl sites for hydroxylation is 1. The first kappa shape index (κ1) is 20.3. The quantitative estimate of drug-likeness (QED) is 0.754. The summed E-state index contributed by atoms with van der Waals surface area (Å²) in [6, 6.07) is 5.87. The number of amides is 2. The first-order chi connectivity index (χ1) is 13.0. The highest BCUT2D eigenvalue weighted by molar-refractivity contribution is 5.97. The van der Waals surface area contributed by atoms with Crippen molar-refractivity contribution in [2.24, 2.45) is 5.41 Å². The maximum Gasteiger partial charge on any atom is 0.256 e. The van der Waals surface area contributed by atoms with Gasteiger partial charge in [-0.25, -0.2) is 0 Å². The van der Waals surface area contributed by atoms with Crippen molar-refractivity contribution in [3.8, 4) is 0 Å². The lowest BCUT2D eigenvalue weighted by Crippen LogP contribution is -2.60. The molecule has 3 rings (SSSR count). The van der Waals surface area contributed by atoms with Crippen LogP contribution in [0.1, 0.15) is 49.5 Å². The van der Waals surface area contributed by atoms with E-state index in [0.29, 0.717) is 31.5 Å². The van der Waals surface area contributed by atoms with E-state index >= 15 is 0 Å². The number of carboxylic acids is 1. The number of piperidine rings is 1. The molecule has 1 aromatic rings. The molecule has 0 aliphatic carbocycles. The van der Waals surface area contributed by atoms with E-state index in [1.54, 1.807) is 17.0 Å². The number of ether oxygens (including phenoxy) is 1. The van der Waals surface area contributed by atoms with Crippen LogP contribution >= 0.6 is 0 Å². The minimum absolute atomic E-state index is 0.0354. The van der Waals surface area contributed by atoms with Crippen molar-refractivity contribution in [3.63, 3.8) is 0 Å². The zero-order valence-corrected chi connectivity index (χ0v) is 16.9. The molecule has 28 heavy (non-hydrogen) atoms. The van der Waals surface area contributed by atoms with Gasteiger partial charge in [-0.05, 0) is 19.1 Å². The van der Waals surface area contributed by atoms with E-state index in [4.69, 9.17) is 4.74 Å². The summed E-state index contributed by atoms with van der Waals surface area (Å²) in [5, 5.41) is 11.7. The number of aliphatic carboxylic acids is 1. The number of hydrogen-bond donors (Lipinski definition) is 0. The Kier molecular flexibility index (Phi) is 5.23. The summed E-state index contributed by atoms with van der Waals surface area (Å²) in [5.41, 5.74) is -0.0998. The number of benzene rings is 1. The lowest BCUT2D eigenvalue weighted by Gasteiger charge is -2.45. The van der Waals surface area contributed by atoms with Crippen LogP contribution in [0, 0.1) is 12.3 Å². The Balaban J connectivity index is 1.86. The first-order valence-electron chi connectivity index (χ1n) is 9.60.